The van der Waals surface area contributed by atoms with Gasteiger partial charge in [0, 0.05) is 0 Å². The Morgan fingerprint density at radius 3 is 1.69 bits per heavy atom. The fourth-order valence-corrected chi connectivity index (χ4v) is 2.88. The van der Waals surface area contributed by atoms with E-state index in [9.17, 15) is 29.1 Å². The summed E-state index contributed by atoms with van der Waals surface area (Å²) in [5, 5.41) is 16.6. The van der Waals surface area contributed by atoms with Crippen molar-refractivity contribution in [2.75, 3.05) is 6.54 Å². The van der Waals surface area contributed by atoms with Crippen LogP contribution in [0.3, 0.4) is 0 Å². The highest BCUT2D eigenvalue weighted by Gasteiger charge is 2.33. The topological polar surface area (TPSA) is 220 Å². The zero-order valence-electron chi connectivity index (χ0n) is 19.2. The predicted octanol–water partition coefficient (Wildman–Crippen LogP) is -1.83. The van der Waals surface area contributed by atoms with Crippen LogP contribution >= 0.6 is 0 Å². The van der Waals surface area contributed by atoms with Crippen molar-refractivity contribution in [3.05, 3.63) is 0 Å². The first-order valence-electron chi connectivity index (χ1n) is 10.7. The van der Waals surface area contributed by atoms with Gasteiger partial charge in [0.1, 0.15) is 18.1 Å². The summed E-state index contributed by atoms with van der Waals surface area (Å²) < 4.78 is 0. The maximum atomic E-state index is 12.9. The fraction of sp³-hybridized carbons (Fsp3) is 0.750. The standard InChI is InChI=1S/C20H38N6O6/c1-10(2)15(18(29)24-13(20(31)32)9-14(23)27)26-19(30)16(11(3)4)25-17(28)12(22)7-5-6-8-21/h10-13,15-16H,5-9,21-22H2,1-4H3,(H2,23,27)(H,24,29)(H,25,28)(H,26,30)(H,31,32). The van der Waals surface area contributed by atoms with Gasteiger partial charge in [0.15, 0.2) is 0 Å². The highest BCUT2D eigenvalue weighted by molar-refractivity contribution is 5.95. The Bertz CT molecular complexity index is 669. The molecule has 0 heterocycles. The predicted molar refractivity (Wildman–Crippen MR) is 118 cm³/mol. The molecule has 0 saturated heterocycles. The maximum absolute atomic E-state index is 12.9. The van der Waals surface area contributed by atoms with Crippen LogP contribution in [0.4, 0.5) is 0 Å². The van der Waals surface area contributed by atoms with Crippen LogP contribution < -0.4 is 33.2 Å². The summed E-state index contributed by atoms with van der Waals surface area (Å²) in [6.07, 6.45) is 1.23. The number of amides is 4. The largest absolute Gasteiger partial charge is 0.480 e. The second-order valence-electron chi connectivity index (χ2n) is 8.42. The van der Waals surface area contributed by atoms with Crippen molar-refractivity contribution in [2.45, 2.75) is 77.5 Å². The van der Waals surface area contributed by atoms with Gasteiger partial charge in [-0.1, -0.05) is 34.1 Å². The van der Waals surface area contributed by atoms with E-state index in [2.05, 4.69) is 16.0 Å². The van der Waals surface area contributed by atoms with Gasteiger partial charge in [-0.05, 0) is 31.2 Å². The Morgan fingerprint density at radius 2 is 1.28 bits per heavy atom. The molecule has 32 heavy (non-hydrogen) atoms. The van der Waals surface area contributed by atoms with Crippen LogP contribution in [0.1, 0.15) is 53.4 Å². The number of carboxylic acids is 1. The number of nitrogens with two attached hydrogens (primary N) is 3. The van der Waals surface area contributed by atoms with E-state index in [4.69, 9.17) is 17.2 Å². The monoisotopic (exact) mass is 458 g/mol. The van der Waals surface area contributed by atoms with Crippen molar-refractivity contribution < 1.29 is 29.1 Å². The van der Waals surface area contributed by atoms with Crippen LogP contribution in [0.2, 0.25) is 0 Å². The second kappa shape index (κ2) is 14.4. The Labute approximate surface area is 188 Å². The summed E-state index contributed by atoms with van der Waals surface area (Å²) in [4.78, 5) is 60.2. The summed E-state index contributed by atoms with van der Waals surface area (Å²) in [7, 11) is 0. The number of carbonyl (C=O) groups excluding carboxylic acids is 4. The minimum Gasteiger partial charge on any atom is -0.480 e. The van der Waals surface area contributed by atoms with E-state index >= 15 is 0 Å². The number of hydrogen-bond donors (Lipinski definition) is 7. The molecule has 4 amide bonds. The summed E-state index contributed by atoms with van der Waals surface area (Å²) in [5.74, 6) is -4.94. The lowest BCUT2D eigenvalue weighted by atomic mass is 9.98. The maximum Gasteiger partial charge on any atom is 0.326 e. The van der Waals surface area contributed by atoms with E-state index < -0.39 is 66.1 Å². The van der Waals surface area contributed by atoms with Crippen LogP contribution in [0.15, 0.2) is 0 Å². The number of aliphatic carboxylic acids is 1. The third-order valence-corrected chi connectivity index (χ3v) is 4.82. The molecule has 0 aliphatic rings. The molecule has 10 N–H and O–H groups in total. The Hall–Kier alpha value is -2.73. The number of nitrogens with one attached hydrogen (secondary N) is 3. The Kier molecular flexibility index (Phi) is 13.1. The van der Waals surface area contributed by atoms with E-state index in [1.807, 2.05) is 0 Å². The van der Waals surface area contributed by atoms with E-state index in [0.29, 0.717) is 19.4 Å². The fourth-order valence-electron chi connectivity index (χ4n) is 2.88. The Balaban J connectivity index is 5.27. The highest BCUT2D eigenvalue weighted by atomic mass is 16.4. The van der Waals surface area contributed by atoms with E-state index in [-0.39, 0.29) is 5.92 Å². The van der Waals surface area contributed by atoms with Crippen LogP contribution in [0, 0.1) is 11.8 Å². The minimum absolute atomic E-state index is 0.312. The smallest absolute Gasteiger partial charge is 0.326 e. The van der Waals surface area contributed by atoms with E-state index in [1.54, 1.807) is 27.7 Å². The summed E-state index contributed by atoms with van der Waals surface area (Å²) in [6.45, 7) is 7.26. The van der Waals surface area contributed by atoms with Crippen LogP contribution in [0.25, 0.3) is 0 Å². The molecule has 12 nitrogen and oxygen atoms in total. The average molecular weight is 459 g/mol. The number of rotatable bonds is 15. The van der Waals surface area contributed by atoms with Gasteiger partial charge in [-0.15, -0.1) is 0 Å². The van der Waals surface area contributed by atoms with Crippen molar-refractivity contribution in [1.29, 1.82) is 0 Å². The minimum atomic E-state index is -1.52. The Morgan fingerprint density at radius 1 is 0.812 bits per heavy atom. The van der Waals surface area contributed by atoms with Crippen molar-refractivity contribution in [3.8, 4) is 0 Å². The number of hydrogen-bond acceptors (Lipinski definition) is 7. The number of primary amides is 1. The van der Waals surface area contributed by atoms with Gasteiger partial charge < -0.3 is 38.3 Å². The van der Waals surface area contributed by atoms with Crippen molar-refractivity contribution in [2.24, 2.45) is 29.0 Å². The number of carboxylic acid groups (broad SMARTS) is 1. The molecule has 184 valence electrons. The molecule has 0 fully saturated rings. The molecule has 4 unspecified atom stereocenters. The van der Waals surface area contributed by atoms with Gasteiger partial charge in [-0.3, -0.25) is 19.2 Å². The van der Waals surface area contributed by atoms with Gasteiger partial charge in [0.05, 0.1) is 12.5 Å². The molecule has 4 atom stereocenters. The zero-order chi connectivity index (χ0) is 25.0. The van der Waals surface area contributed by atoms with Gasteiger partial charge in [-0.25, -0.2) is 4.79 Å². The molecule has 0 aliphatic heterocycles. The summed E-state index contributed by atoms with van der Waals surface area (Å²) in [6, 6.07) is -4.39. The van der Waals surface area contributed by atoms with Gasteiger partial charge in [0.25, 0.3) is 0 Å². The molecule has 0 saturated carbocycles. The lowest BCUT2D eigenvalue weighted by Gasteiger charge is -2.28. The first-order chi connectivity index (χ1) is 14.8. The molecule has 0 aliphatic carbocycles. The molecular formula is C20H38N6O6. The molecule has 0 bridgehead atoms. The van der Waals surface area contributed by atoms with Crippen LogP contribution in [-0.4, -0.2) is 65.4 Å². The molecule has 0 aromatic rings. The SMILES string of the molecule is CC(C)C(NC(=O)C(N)CCCCN)C(=O)NC(C(=O)NC(CC(N)=O)C(=O)O)C(C)C. The molecule has 0 spiro atoms. The molecule has 0 aromatic carbocycles. The van der Waals surface area contributed by atoms with Crippen molar-refractivity contribution in [3.63, 3.8) is 0 Å². The van der Waals surface area contributed by atoms with Gasteiger partial charge >= 0.3 is 5.97 Å². The number of carbonyl (C=O) groups is 5. The zero-order valence-corrected chi connectivity index (χ0v) is 19.2. The molecular weight excluding hydrogens is 420 g/mol. The molecule has 12 heteroatoms. The first kappa shape index (κ1) is 29.3. The average Bonchev–Trinajstić information content (AvgIpc) is 2.68. The molecule has 0 rings (SSSR count). The third-order valence-electron chi connectivity index (χ3n) is 4.82. The summed E-state index contributed by atoms with van der Waals surface area (Å²) >= 11 is 0. The lowest BCUT2D eigenvalue weighted by molar-refractivity contribution is -0.144. The van der Waals surface area contributed by atoms with Crippen LogP contribution in [-0.2, 0) is 24.0 Å². The van der Waals surface area contributed by atoms with Crippen LogP contribution in [0.5, 0.6) is 0 Å². The number of unbranched alkanes of at least 4 members (excludes halogenated alkanes) is 1. The first-order valence-corrected chi connectivity index (χ1v) is 10.7. The molecule has 0 aromatic heterocycles. The van der Waals surface area contributed by atoms with Crippen molar-refractivity contribution in [1.82, 2.24) is 16.0 Å². The van der Waals surface area contributed by atoms with E-state index in [0.717, 1.165) is 6.42 Å². The van der Waals surface area contributed by atoms with Gasteiger partial charge in [-0.2, -0.15) is 0 Å². The lowest BCUT2D eigenvalue weighted by Crippen LogP contribution is -2.59. The normalized spacial score (nSPS) is 14.9. The van der Waals surface area contributed by atoms with Gasteiger partial charge in [0.2, 0.25) is 23.6 Å². The summed E-state index contributed by atoms with van der Waals surface area (Å²) in [5.41, 5.74) is 16.3. The molecule has 0 radical (unpaired) electrons. The highest BCUT2D eigenvalue weighted by Crippen LogP contribution is 2.08. The van der Waals surface area contributed by atoms with Crippen molar-refractivity contribution >= 4 is 29.6 Å². The van der Waals surface area contributed by atoms with E-state index in [1.165, 1.54) is 0 Å². The third kappa shape index (κ3) is 10.5. The quantitative estimate of drug-likeness (QED) is 0.138. The second-order valence-corrected chi connectivity index (χ2v) is 8.42.